The van der Waals surface area contributed by atoms with Gasteiger partial charge in [0.1, 0.15) is 0 Å². The van der Waals surface area contributed by atoms with Crippen LogP contribution in [0, 0.1) is 0 Å². The lowest BCUT2D eigenvalue weighted by atomic mass is 10.2. The third-order valence-corrected chi connectivity index (χ3v) is 7.08. The van der Waals surface area contributed by atoms with E-state index in [1.54, 1.807) is 18.2 Å². The second kappa shape index (κ2) is 8.44. The quantitative estimate of drug-likeness (QED) is 0.570. The average Bonchev–Trinajstić information content (AvgIpc) is 3.23. The normalized spacial score (nSPS) is 15.6. The van der Waals surface area contributed by atoms with Crippen molar-refractivity contribution in [2.75, 3.05) is 26.3 Å². The van der Waals surface area contributed by atoms with E-state index in [0.717, 1.165) is 11.1 Å². The summed E-state index contributed by atoms with van der Waals surface area (Å²) in [5, 5.41) is 8.57. The van der Waals surface area contributed by atoms with Crippen molar-refractivity contribution in [3.05, 3.63) is 60.2 Å². The molecule has 1 saturated heterocycles. The summed E-state index contributed by atoms with van der Waals surface area (Å²) >= 11 is 1.38. The van der Waals surface area contributed by atoms with Crippen molar-refractivity contribution in [3.63, 3.8) is 0 Å². The van der Waals surface area contributed by atoms with Gasteiger partial charge in [0.05, 0.1) is 18.1 Å². The van der Waals surface area contributed by atoms with Gasteiger partial charge in [0.15, 0.2) is 0 Å². The van der Waals surface area contributed by atoms with Crippen LogP contribution in [-0.2, 0) is 20.5 Å². The molecular weight excluding hydrogens is 398 g/mol. The van der Waals surface area contributed by atoms with Crippen LogP contribution in [0.4, 0.5) is 0 Å². The van der Waals surface area contributed by atoms with Crippen molar-refractivity contribution in [3.8, 4) is 11.5 Å². The second-order valence-corrected chi connectivity index (χ2v) is 9.06. The summed E-state index contributed by atoms with van der Waals surface area (Å²) in [4.78, 5) is 0.294. The first kappa shape index (κ1) is 19.1. The molecule has 1 aliphatic rings. The van der Waals surface area contributed by atoms with Gasteiger partial charge in [-0.25, -0.2) is 8.42 Å². The Morgan fingerprint density at radius 2 is 1.79 bits per heavy atom. The molecule has 0 N–H and O–H groups in total. The summed E-state index contributed by atoms with van der Waals surface area (Å²) in [6.07, 6.45) is 0. The second-order valence-electron chi connectivity index (χ2n) is 6.19. The predicted molar refractivity (Wildman–Crippen MR) is 105 cm³/mol. The van der Waals surface area contributed by atoms with E-state index < -0.39 is 10.0 Å². The van der Waals surface area contributed by atoms with Gasteiger partial charge in [-0.15, -0.1) is 10.2 Å². The third-order valence-electron chi connectivity index (χ3n) is 4.30. The highest BCUT2D eigenvalue weighted by Crippen LogP contribution is 2.27. The molecule has 0 atom stereocenters. The van der Waals surface area contributed by atoms with E-state index in [1.165, 1.54) is 16.1 Å². The van der Waals surface area contributed by atoms with Crippen LogP contribution >= 0.6 is 11.8 Å². The van der Waals surface area contributed by atoms with Crippen molar-refractivity contribution in [2.45, 2.75) is 15.9 Å². The van der Waals surface area contributed by atoms with Crippen molar-refractivity contribution in [2.24, 2.45) is 0 Å². The minimum Gasteiger partial charge on any atom is -0.411 e. The summed E-state index contributed by atoms with van der Waals surface area (Å²) in [7, 11) is -3.51. The fourth-order valence-corrected chi connectivity index (χ4v) is 5.03. The number of morpholine rings is 1. The van der Waals surface area contributed by atoms with Crippen LogP contribution in [0.5, 0.6) is 0 Å². The van der Waals surface area contributed by atoms with E-state index in [2.05, 4.69) is 10.2 Å². The monoisotopic (exact) mass is 417 g/mol. The first-order valence-electron chi connectivity index (χ1n) is 8.81. The zero-order chi connectivity index (χ0) is 19.4. The molecule has 28 heavy (non-hydrogen) atoms. The summed E-state index contributed by atoms with van der Waals surface area (Å²) in [5.41, 5.74) is 1.74. The topological polar surface area (TPSA) is 85.5 Å². The lowest BCUT2D eigenvalue weighted by Gasteiger charge is -2.26. The number of rotatable bonds is 6. The van der Waals surface area contributed by atoms with Gasteiger partial charge in [-0.1, -0.05) is 42.1 Å². The summed E-state index contributed by atoms with van der Waals surface area (Å²) in [5.74, 6) is 0.995. The largest absolute Gasteiger partial charge is 0.411 e. The zero-order valence-electron chi connectivity index (χ0n) is 15.0. The number of aromatic nitrogens is 2. The van der Waals surface area contributed by atoms with Gasteiger partial charge in [-0.3, -0.25) is 0 Å². The number of benzene rings is 2. The van der Waals surface area contributed by atoms with E-state index in [1.807, 2.05) is 36.4 Å². The molecule has 0 bridgehead atoms. The Bertz CT molecular complexity index is 1030. The van der Waals surface area contributed by atoms with Gasteiger partial charge in [0, 0.05) is 24.4 Å². The number of nitrogens with zero attached hydrogens (tertiary/aromatic N) is 3. The van der Waals surface area contributed by atoms with Crippen LogP contribution in [0.2, 0.25) is 0 Å². The average molecular weight is 418 g/mol. The van der Waals surface area contributed by atoms with E-state index >= 15 is 0 Å². The first-order chi connectivity index (χ1) is 13.6. The summed E-state index contributed by atoms with van der Waals surface area (Å²) < 4.78 is 38.0. The van der Waals surface area contributed by atoms with Crippen LogP contribution in [0.15, 0.2) is 69.1 Å². The van der Waals surface area contributed by atoms with Gasteiger partial charge in [0.25, 0.3) is 5.22 Å². The fourth-order valence-electron chi connectivity index (χ4n) is 2.84. The van der Waals surface area contributed by atoms with Crippen molar-refractivity contribution in [1.29, 1.82) is 0 Å². The highest BCUT2D eigenvalue weighted by atomic mass is 32.2. The highest BCUT2D eigenvalue weighted by molar-refractivity contribution is 7.98. The molecule has 1 aliphatic heterocycles. The molecule has 0 unspecified atom stereocenters. The van der Waals surface area contributed by atoms with Gasteiger partial charge < -0.3 is 9.15 Å². The van der Waals surface area contributed by atoms with E-state index in [-0.39, 0.29) is 0 Å². The van der Waals surface area contributed by atoms with E-state index in [9.17, 15) is 8.42 Å². The molecule has 2 aromatic carbocycles. The van der Waals surface area contributed by atoms with Crippen molar-refractivity contribution < 1.29 is 17.6 Å². The van der Waals surface area contributed by atoms with Gasteiger partial charge in [-0.2, -0.15) is 4.31 Å². The summed E-state index contributed by atoms with van der Waals surface area (Å²) in [6.45, 7) is 1.61. The third kappa shape index (κ3) is 4.27. The Morgan fingerprint density at radius 1 is 1.00 bits per heavy atom. The molecule has 4 rings (SSSR count). The molecule has 0 amide bonds. The minimum absolute atomic E-state index is 0.294. The molecule has 3 aromatic rings. The van der Waals surface area contributed by atoms with Crippen LogP contribution in [-0.4, -0.2) is 49.2 Å². The van der Waals surface area contributed by atoms with Gasteiger partial charge in [-0.05, 0) is 29.8 Å². The molecule has 0 saturated carbocycles. The molecule has 0 aliphatic carbocycles. The van der Waals surface area contributed by atoms with Gasteiger partial charge in [0.2, 0.25) is 15.9 Å². The summed E-state index contributed by atoms with van der Waals surface area (Å²) in [6, 6.07) is 16.5. The predicted octanol–water partition coefficient (Wildman–Crippen LogP) is 3.05. The number of sulfonamides is 1. The fraction of sp³-hybridized carbons (Fsp3) is 0.263. The Labute approximate surface area is 167 Å². The lowest BCUT2D eigenvalue weighted by molar-refractivity contribution is 0.0730. The smallest absolute Gasteiger partial charge is 0.277 e. The maximum atomic E-state index is 12.8. The number of ether oxygens (including phenoxy) is 1. The molecule has 7 nitrogen and oxygen atoms in total. The SMILES string of the molecule is O=S(=O)(c1cccc(CSc2nnc(-c3ccccc3)o2)c1)N1CCOCC1. The zero-order valence-corrected chi connectivity index (χ0v) is 16.7. The lowest BCUT2D eigenvalue weighted by Crippen LogP contribution is -2.40. The molecule has 0 radical (unpaired) electrons. The Hall–Kier alpha value is -2.20. The minimum atomic E-state index is -3.51. The number of thioether (sulfide) groups is 1. The molecule has 1 fully saturated rings. The van der Waals surface area contributed by atoms with Crippen LogP contribution in [0.1, 0.15) is 5.56 Å². The van der Waals surface area contributed by atoms with Crippen LogP contribution < -0.4 is 0 Å². The van der Waals surface area contributed by atoms with E-state index in [4.69, 9.17) is 9.15 Å². The number of hydrogen-bond acceptors (Lipinski definition) is 7. The van der Waals surface area contributed by atoms with Gasteiger partial charge >= 0.3 is 0 Å². The standard InChI is InChI=1S/C19H19N3O4S2/c23-28(24,22-9-11-25-12-10-22)17-8-4-5-15(13-17)14-27-19-21-20-18(26-19)16-6-2-1-3-7-16/h1-8,13H,9-12,14H2. The van der Waals surface area contributed by atoms with Crippen LogP contribution in [0.25, 0.3) is 11.5 Å². The van der Waals surface area contributed by atoms with Crippen molar-refractivity contribution in [1.82, 2.24) is 14.5 Å². The van der Waals surface area contributed by atoms with Crippen molar-refractivity contribution >= 4 is 21.8 Å². The molecular formula is C19H19N3O4S2. The Kier molecular flexibility index (Phi) is 5.77. The van der Waals surface area contributed by atoms with Crippen LogP contribution in [0.3, 0.4) is 0 Å². The Morgan fingerprint density at radius 3 is 2.57 bits per heavy atom. The first-order valence-corrected chi connectivity index (χ1v) is 11.2. The highest BCUT2D eigenvalue weighted by Gasteiger charge is 2.26. The maximum absolute atomic E-state index is 12.8. The number of hydrogen-bond donors (Lipinski definition) is 0. The van der Waals surface area contributed by atoms with E-state index in [0.29, 0.717) is 48.1 Å². The maximum Gasteiger partial charge on any atom is 0.277 e. The molecule has 146 valence electrons. The molecule has 9 heteroatoms. The molecule has 0 spiro atoms. The molecule has 1 aromatic heterocycles. The molecule has 2 heterocycles. The Balaban J connectivity index is 1.45.